The van der Waals surface area contributed by atoms with Crippen molar-refractivity contribution in [1.29, 1.82) is 0 Å². The van der Waals surface area contributed by atoms with E-state index in [1.54, 1.807) is 6.07 Å². The Bertz CT molecular complexity index is 1040. The number of hydrogen-bond acceptors (Lipinski definition) is 3. The zero-order valence-corrected chi connectivity index (χ0v) is 14.0. The second-order valence-electron chi connectivity index (χ2n) is 6.31. The van der Waals surface area contributed by atoms with Gasteiger partial charge in [0.2, 0.25) is 0 Å². The summed E-state index contributed by atoms with van der Waals surface area (Å²) in [6, 6.07) is 19.3. The van der Waals surface area contributed by atoms with Gasteiger partial charge in [-0.3, -0.25) is 10.1 Å². The number of para-hydroxylation sites is 1. The number of aryl methyl sites for hydroxylation is 2. The third kappa shape index (κ3) is 2.52. The molecule has 0 unspecified atom stereocenters. The smallest absolute Gasteiger partial charge is 0.258 e. The fourth-order valence-electron chi connectivity index (χ4n) is 3.35. The molecular weight excluding hydrogens is 312 g/mol. The van der Waals surface area contributed by atoms with Gasteiger partial charge in [-0.15, -0.1) is 0 Å². The number of aliphatic imine (C=N–C) groups is 1. The van der Waals surface area contributed by atoms with Crippen molar-refractivity contribution in [1.82, 2.24) is 0 Å². The third-order valence-electron chi connectivity index (χ3n) is 4.41. The molecule has 0 atom stereocenters. The summed E-state index contributed by atoms with van der Waals surface area (Å²) in [5.41, 5.74) is 7.06. The number of nitro groups is 1. The maximum atomic E-state index is 11.6. The molecule has 4 heteroatoms. The molecule has 0 amide bonds. The number of hydrogen-bond donors (Lipinski definition) is 0. The van der Waals surface area contributed by atoms with Crippen LogP contribution in [0, 0.1) is 24.0 Å². The highest BCUT2D eigenvalue weighted by Gasteiger charge is 2.32. The Labute approximate surface area is 145 Å². The van der Waals surface area contributed by atoms with Crippen molar-refractivity contribution >= 4 is 17.1 Å². The first-order chi connectivity index (χ1) is 12.0. The largest absolute Gasteiger partial charge is 0.278 e. The number of nitrogens with zero attached hydrogens (tertiary/aromatic N) is 2. The molecule has 0 spiro atoms. The maximum absolute atomic E-state index is 11.6. The Morgan fingerprint density at radius 3 is 2.28 bits per heavy atom. The molecule has 1 aliphatic rings. The lowest BCUT2D eigenvalue weighted by molar-refractivity contribution is -0.384. The molecule has 0 bridgehead atoms. The molecular formula is C21H16N2O2. The van der Waals surface area contributed by atoms with E-state index in [4.69, 9.17) is 4.99 Å². The normalized spacial score (nSPS) is 13.6. The summed E-state index contributed by atoms with van der Waals surface area (Å²) < 4.78 is 0. The van der Waals surface area contributed by atoms with Gasteiger partial charge < -0.3 is 0 Å². The highest BCUT2D eigenvalue weighted by molar-refractivity contribution is 6.26. The molecule has 1 aliphatic carbocycles. The molecule has 0 saturated heterocycles. The van der Waals surface area contributed by atoms with E-state index in [1.807, 2.05) is 62.4 Å². The van der Waals surface area contributed by atoms with Gasteiger partial charge in [-0.05, 0) is 49.2 Å². The lowest BCUT2D eigenvalue weighted by Gasteiger charge is -2.04. The summed E-state index contributed by atoms with van der Waals surface area (Å²) >= 11 is 0. The van der Waals surface area contributed by atoms with E-state index in [0.717, 1.165) is 39.2 Å². The van der Waals surface area contributed by atoms with Crippen LogP contribution in [0.1, 0.15) is 22.3 Å². The van der Waals surface area contributed by atoms with Crippen molar-refractivity contribution in [2.45, 2.75) is 13.8 Å². The van der Waals surface area contributed by atoms with Crippen LogP contribution in [0.3, 0.4) is 0 Å². The monoisotopic (exact) mass is 328 g/mol. The zero-order valence-electron chi connectivity index (χ0n) is 14.0. The van der Waals surface area contributed by atoms with Crippen LogP contribution in [0.25, 0.3) is 11.1 Å². The number of rotatable bonds is 2. The van der Waals surface area contributed by atoms with Crippen LogP contribution in [0.5, 0.6) is 0 Å². The molecule has 0 radical (unpaired) electrons. The second kappa shape index (κ2) is 5.67. The van der Waals surface area contributed by atoms with Gasteiger partial charge in [-0.2, -0.15) is 0 Å². The Balaban J connectivity index is 2.07. The molecule has 0 aromatic heterocycles. The van der Waals surface area contributed by atoms with Crippen molar-refractivity contribution < 1.29 is 4.92 Å². The summed E-state index contributed by atoms with van der Waals surface area (Å²) in [7, 11) is 0. The number of fused-ring (bicyclic) bond motifs is 3. The summed E-state index contributed by atoms with van der Waals surface area (Å²) in [5, 5.41) is 11.6. The second-order valence-corrected chi connectivity index (χ2v) is 6.31. The summed E-state index contributed by atoms with van der Waals surface area (Å²) in [4.78, 5) is 16.1. The molecule has 25 heavy (non-hydrogen) atoms. The molecule has 0 aliphatic heterocycles. The van der Waals surface area contributed by atoms with Gasteiger partial charge in [0.05, 0.1) is 21.9 Å². The van der Waals surface area contributed by atoms with Gasteiger partial charge in [-0.25, -0.2) is 4.99 Å². The van der Waals surface area contributed by atoms with Crippen LogP contribution in [0.2, 0.25) is 0 Å². The molecule has 0 fully saturated rings. The highest BCUT2D eigenvalue weighted by Crippen LogP contribution is 2.44. The number of benzene rings is 3. The first-order valence-corrected chi connectivity index (χ1v) is 8.09. The maximum Gasteiger partial charge on any atom is 0.278 e. The Morgan fingerprint density at radius 2 is 1.56 bits per heavy atom. The van der Waals surface area contributed by atoms with Crippen molar-refractivity contribution in [3.63, 3.8) is 0 Å². The van der Waals surface area contributed by atoms with E-state index in [9.17, 15) is 10.1 Å². The van der Waals surface area contributed by atoms with Gasteiger partial charge >= 0.3 is 0 Å². The Morgan fingerprint density at radius 1 is 0.840 bits per heavy atom. The van der Waals surface area contributed by atoms with Crippen LogP contribution in [0.4, 0.5) is 11.4 Å². The predicted molar refractivity (Wildman–Crippen MR) is 99.7 cm³/mol. The summed E-state index contributed by atoms with van der Waals surface area (Å²) in [6.45, 7) is 3.89. The van der Waals surface area contributed by atoms with E-state index >= 15 is 0 Å². The Kier molecular flexibility index (Phi) is 3.46. The standard InChI is InChI=1S/C21H16N2O2/c1-13-8-9-16-17(10-13)21(22-15-6-4-3-5-7-15)18-11-14(2)12-19(20(16)18)23(24)25/h3-12H,1-2H3. The van der Waals surface area contributed by atoms with E-state index in [2.05, 4.69) is 6.07 Å². The minimum atomic E-state index is -0.305. The van der Waals surface area contributed by atoms with E-state index in [-0.39, 0.29) is 10.6 Å². The summed E-state index contributed by atoms with van der Waals surface area (Å²) in [6.07, 6.45) is 0. The molecule has 0 saturated carbocycles. The van der Waals surface area contributed by atoms with E-state index in [0.29, 0.717) is 5.56 Å². The molecule has 4 nitrogen and oxygen atoms in total. The van der Waals surface area contributed by atoms with Gasteiger partial charge in [0.1, 0.15) is 0 Å². The predicted octanol–water partition coefficient (Wildman–Crippen LogP) is 5.36. The first kappa shape index (κ1) is 15.3. The SMILES string of the molecule is Cc1ccc2c(c1)C(=Nc1ccccc1)c1cc(C)cc([N+](=O)[O-])c1-2. The quantitative estimate of drug-likeness (QED) is 0.367. The zero-order chi connectivity index (χ0) is 17.6. The van der Waals surface area contributed by atoms with Crippen LogP contribution >= 0.6 is 0 Å². The van der Waals surface area contributed by atoms with Gasteiger partial charge in [-0.1, -0.05) is 35.9 Å². The lowest BCUT2D eigenvalue weighted by atomic mass is 10.0. The van der Waals surface area contributed by atoms with Crippen LogP contribution < -0.4 is 0 Å². The van der Waals surface area contributed by atoms with Crippen LogP contribution in [-0.4, -0.2) is 10.6 Å². The molecule has 0 N–H and O–H groups in total. The third-order valence-corrected chi connectivity index (χ3v) is 4.41. The van der Waals surface area contributed by atoms with Crippen LogP contribution in [-0.2, 0) is 0 Å². The van der Waals surface area contributed by atoms with Crippen molar-refractivity contribution in [2.24, 2.45) is 4.99 Å². The minimum Gasteiger partial charge on any atom is -0.258 e. The number of nitro benzene ring substituents is 1. The fourth-order valence-corrected chi connectivity index (χ4v) is 3.35. The van der Waals surface area contributed by atoms with Crippen molar-refractivity contribution in [2.75, 3.05) is 0 Å². The molecule has 0 heterocycles. The van der Waals surface area contributed by atoms with Gasteiger partial charge in [0, 0.05) is 17.2 Å². The average Bonchev–Trinajstić information content (AvgIpc) is 2.88. The average molecular weight is 328 g/mol. The van der Waals surface area contributed by atoms with Gasteiger partial charge in [0.15, 0.2) is 0 Å². The molecule has 3 aromatic carbocycles. The van der Waals surface area contributed by atoms with E-state index < -0.39 is 0 Å². The fraction of sp³-hybridized carbons (Fsp3) is 0.0952. The van der Waals surface area contributed by atoms with Crippen molar-refractivity contribution in [3.8, 4) is 11.1 Å². The lowest BCUT2D eigenvalue weighted by Crippen LogP contribution is -2.00. The van der Waals surface area contributed by atoms with E-state index in [1.165, 1.54) is 0 Å². The Hall–Kier alpha value is -3.27. The first-order valence-electron chi connectivity index (χ1n) is 8.09. The van der Waals surface area contributed by atoms with Crippen LogP contribution in [0.15, 0.2) is 65.7 Å². The minimum absolute atomic E-state index is 0.137. The molecule has 4 rings (SSSR count). The summed E-state index contributed by atoms with van der Waals surface area (Å²) in [5.74, 6) is 0. The van der Waals surface area contributed by atoms with Crippen molar-refractivity contribution in [3.05, 3.63) is 93.0 Å². The highest BCUT2D eigenvalue weighted by atomic mass is 16.6. The molecule has 3 aromatic rings. The van der Waals surface area contributed by atoms with Gasteiger partial charge in [0.25, 0.3) is 5.69 Å². The molecule has 122 valence electrons. The topological polar surface area (TPSA) is 55.5 Å².